The monoisotopic (exact) mass is 315 g/mol. The highest BCUT2D eigenvalue weighted by molar-refractivity contribution is 5.88. The molecule has 1 fully saturated rings. The van der Waals surface area contributed by atoms with Crippen LogP contribution in [-0.4, -0.2) is 45.2 Å². The normalized spacial score (nSPS) is 21.3. The summed E-state index contributed by atoms with van der Waals surface area (Å²) in [5.74, 6) is -0.872. The van der Waals surface area contributed by atoms with E-state index in [9.17, 15) is 14.7 Å². The van der Waals surface area contributed by atoms with Crippen molar-refractivity contribution in [3.05, 3.63) is 30.0 Å². The molecule has 0 spiro atoms. The number of amides is 1. The summed E-state index contributed by atoms with van der Waals surface area (Å²) in [5, 5.41) is 17.6. The first kappa shape index (κ1) is 15.5. The third kappa shape index (κ3) is 2.58. The lowest BCUT2D eigenvalue weighted by atomic mass is 9.76. The van der Waals surface area contributed by atoms with Crippen LogP contribution in [0, 0.1) is 11.3 Å². The Morgan fingerprint density at radius 1 is 1.39 bits per heavy atom. The van der Waals surface area contributed by atoms with E-state index in [0.717, 1.165) is 16.6 Å². The maximum absolute atomic E-state index is 12.6. The molecular formula is C17H21N3O3. The van der Waals surface area contributed by atoms with E-state index < -0.39 is 11.4 Å². The second-order valence-electron chi connectivity index (χ2n) is 6.58. The molecule has 23 heavy (non-hydrogen) atoms. The third-order valence-corrected chi connectivity index (χ3v) is 5.05. The van der Waals surface area contributed by atoms with Gasteiger partial charge in [-0.15, -0.1) is 0 Å². The van der Waals surface area contributed by atoms with Crippen molar-refractivity contribution in [2.24, 2.45) is 11.3 Å². The van der Waals surface area contributed by atoms with Gasteiger partial charge in [-0.05, 0) is 18.4 Å². The predicted octanol–water partition coefficient (Wildman–Crippen LogP) is 2.06. The molecule has 1 aromatic carbocycles. The van der Waals surface area contributed by atoms with Gasteiger partial charge in [-0.3, -0.25) is 14.7 Å². The van der Waals surface area contributed by atoms with Gasteiger partial charge in [0.25, 0.3) is 0 Å². The molecule has 2 heterocycles. The highest BCUT2D eigenvalue weighted by Crippen LogP contribution is 2.38. The molecule has 2 aromatic rings. The lowest BCUT2D eigenvalue weighted by molar-refractivity contribution is -0.151. The molecule has 0 aliphatic carbocycles. The Morgan fingerprint density at radius 2 is 2.13 bits per heavy atom. The molecule has 1 saturated heterocycles. The number of benzene rings is 1. The van der Waals surface area contributed by atoms with Crippen molar-refractivity contribution in [1.82, 2.24) is 15.1 Å². The molecule has 0 bridgehead atoms. The molecule has 1 amide bonds. The number of nitrogens with one attached hydrogen (secondary N) is 1. The number of carboxylic acids is 1. The Hall–Kier alpha value is -2.37. The van der Waals surface area contributed by atoms with Crippen molar-refractivity contribution in [2.45, 2.75) is 26.7 Å². The van der Waals surface area contributed by atoms with Gasteiger partial charge in [0.1, 0.15) is 0 Å². The van der Waals surface area contributed by atoms with E-state index in [0.29, 0.717) is 13.0 Å². The first-order valence-electron chi connectivity index (χ1n) is 7.87. The van der Waals surface area contributed by atoms with E-state index in [2.05, 4.69) is 10.2 Å². The maximum Gasteiger partial charge on any atom is 0.311 e. The number of hydrogen-bond acceptors (Lipinski definition) is 3. The van der Waals surface area contributed by atoms with Crippen molar-refractivity contribution in [2.75, 3.05) is 13.1 Å². The Kier molecular flexibility index (Phi) is 3.83. The quantitative estimate of drug-likeness (QED) is 0.904. The largest absolute Gasteiger partial charge is 0.481 e. The van der Waals surface area contributed by atoms with Gasteiger partial charge in [0.2, 0.25) is 5.91 Å². The molecule has 1 unspecified atom stereocenters. The highest BCUT2D eigenvalue weighted by Gasteiger charge is 2.48. The summed E-state index contributed by atoms with van der Waals surface area (Å²) in [4.78, 5) is 25.9. The summed E-state index contributed by atoms with van der Waals surface area (Å²) in [5.41, 5.74) is 0.785. The zero-order valence-corrected chi connectivity index (χ0v) is 13.4. The Balaban J connectivity index is 1.76. The second-order valence-corrected chi connectivity index (χ2v) is 6.58. The fraction of sp³-hybridized carbons (Fsp3) is 0.471. The van der Waals surface area contributed by atoms with Gasteiger partial charge < -0.3 is 10.0 Å². The first-order chi connectivity index (χ1) is 10.9. The van der Waals surface area contributed by atoms with Crippen LogP contribution in [0.4, 0.5) is 0 Å². The maximum atomic E-state index is 12.6. The van der Waals surface area contributed by atoms with E-state index in [1.54, 1.807) is 4.90 Å². The summed E-state index contributed by atoms with van der Waals surface area (Å²) >= 11 is 0. The van der Waals surface area contributed by atoms with Crippen LogP contribution in [0.1, 0.15) is 26.0 Å². The minimum atomic E-state index is -0.828. The number of aromatic amines is 1. The molecule has 1 atom stereocenters. The Morgan fingerprint density at radius 3 is 2.78 bits per heavy atom. The molecule has 0 radical (unpaired) electrons. The lowest BCUT2D eigenvalue weighted by Gasteiger charge is -2.28. The molecule has 0 saturated carbocycles. The number of likely N-dealkylation sites (tertiary alicyclic amines) is 1. The van der Waals surface area contributed by atoms with Crippen LogP contribution in [0.25, 0.3) is 10.9 Å². The summed E-state index contributed by atoms with van der Waals surface area (Å²) in [6.45, 7) is 4.59. The number of carbonyl (C=O) groups excluding carboxylic acids is 1. The average Bonchev–Trinajstić information content (AvgIpc) is 3.13. The number of fused-ring (bicyclic) bond motifs is 1. The van der Waals surface area contributed by atoms with Gasteiger partial charge >= 0.3 is 5.97 Å². The zero-order chi connectivity index (χ0) is 16.6. The standard InChI is InChI=1S/C17H21N3O3/c1-11(2)17(16(22)23)7-8-20(10-17)15(21)9-14-12-5-3-4-6-13(12)18-19-14/h3-6,11H,7-10H2,1-2H3,(H,18,19)(H,22,23). The van der Waals surface area contributed by atoms with E-state index in [1.165, 1.54) is 0 Å². The minimum absolute atomic E-state index is 0.00853. The number of H-pyrrole nitrogens is 1. The van der Waals surface area contributed by atoms with Gasteiger partial charge in [-0.2, -0.15) is 5.10 Å². The molecule has 3 rings (SSSR count). The van der Waals surface area contributed by atoms with Crippen molar-refractivity contribution >= 4 is 22.8 Å². The van der Waals surface area contributed by atoms with Gasteiger partial charge in [0, 0.05) is 18.5 Å². The number of rotatable bonds is 4. The SMILES string of the molecule is CC(C)C1(C(=O)O)CCN(C(=O)Cc2[nH]nc3ccccc23)C1. The van der Waals surface area contributed by atoms with E-state index in [4.69, 9.17) is 0 Å². The summed E-state index contributed by atoms with van der Waals surface area (Å²) in [7, 11) is 0. The molecule has 1 aliphatic heterocycles. The van der Waals surface area contributed by atoms with Crippen molar-refractivity contribution in [1.29, 1.82) is 0 Å². The molecular weight excluding hydrogens is 294 g/mol. The summed E-state index contributed by atoms with van der Waals surface area (Å²) < 4.78 is 0. The highest BCUT2D eigenvalue weighted by atomic mass is 16.4. The van der Waals surface area contributed by atoms with Gasteiger partial charge in [0.15, 0.2) is 0 Å². The van der Waals surface area contributed by atoms with Gasteiger partial charge in [0.05, 0.1) is 23.0 Å². The average molecular weight is 315 g/mol. The summed E-state index contributed by atoms with van der Waals surface area (Å²) in [6, 6.07) is 7.64. The fourth-order valence-corrected chi connectivity index (χ4v) is 3.35. The van der Waals surface area contributed by atoms with E-state index in [1.807, 2.05) is 38.1 Å². The fourth-order valence-electron chi connectivity index (χ4n) is 3.35. The molecule has 122 valence electrons. The molecule has 1 aliphatic rings. The zero-order valence-electron chi connectivity index (χ0n) is 13.4. The number of nitrogens with zero attached hydrogens (tertiary/aromatic N) is 2. The minimum Gasteiger partial charge on any atom is -0.481 e. The van der Waals surface area contributed by atoms with Crippen LogP contribution < -0.4 is 0 Å². The van der Waals surface area contributed by atoms with Crippen molar-refractivity contribution in [3.63, 3.8) is 0 Å². The smallest absolute Gasteiger partial charge is 0.311 e. The Bertz CT molecular complexity index is 752. The van der Waals surface area contributed by atoms with Crippen molar-refractivity contribution in [3.8, 4) is 0 Å². The number of para-hydroxylation sites is 1. The number of carboxylic acid groups (broad SMARTS) is 1. The molecule has 2 N–H and O–H groups in total. The lowest BCUT2D eigenvalue weighted by Crippen LogP contribution is -2.41. The third-order valence-electron chi connectivity index (χ3n) is 5.05. The number of hydrogen-bond donors (Lipinski definition) is 2. The molecule has 6 nitrogen and oxygen atoms in total. The van der Waals surface area contributed by atoms with Gasteiger partial charge in [-0.1, -0.05) is 32.0 Å². The second kappa shape index (κ2) is 5.68. The Labute approximate surface area is 134 Å². The van der Waals surface area contributed by atoms with Crippen LogP contribution in [0.2, 0.25) is 0 Å². The number of carbonyl (C=O) groups is 2. The van der Waals surface area contributed by atoms with Crippen LogP contribution >= 0.6 is 0 Å². The van der Waals surface area contributed by atoms with Gasteiger partial charge in [-0.25, -0.2) is 0 Å². The van der Waals surface area contributed by atoms with E-state index >= 15 is 0 Å². The van der Waals surface area contributed by atoms with Crippen LogP contribution in [0.5, 0.6) is 0 Å². The van der Waals surface area contributed by atoms with Crippen LogP contribution in [0.3, 0.4) is 0 Å². The topological polar surface area (TPSA) is 86.3 Å². The van der Waals surface area contributed by atoms with Crippen molar-refractivity contribution < 1.29 is 14.7 Å². The number of aromatic nitrogens is 2. The molecule has 1 aromatic heterocycles. The first-order valence-corrected chi connectivity index (χ1v) is 7.87. The molecule has 6 heteroatoms. The van der Waals surface area contributed by atoms with Crippen LogP contribution in [0.15, 0.2) is 24.3 Å². The van der Waals surface area contributed by atoms with E-state index in [-0.39, 0.29) is 24.8 Å². The van der Waals surface area contributed by atoms with Crippen LogP contribution in [-0.2, 0) is 16.0 Å². The predicted molar refractivity (Wildman–Crippen MR) is 85.9 cm³/mol. The summed E-state index contributed by atoms with van der Waals surface area (Å²) in [6.07, 6.45) is 0.726. The number of aliphatic carboxylic acids is 1.